The molecule has 3 N–H and O–H groups in total. The van der Waals surface area contributed by atoms with Gasteiger partial charge in [0.1, 0.15) is 17.5 Å². The largest absolute Gasteiger partial charge is 0.481 e. The third-order valence-electron chi connectivity index (χ3n) is 7.51. The Morgan fingerprint density at radius 2 is 1.74 bits per heavy atom. The van der Waals surface area contributed by atoms with Gasteiger partial charge in [0.15, 0.2) is 0 Å². The molecule has 0 spiro atoms. The molecule has 1 aliphatic carbocycles. The number of rotatable bonds is 10. The molecule has 0 bridgehead atoms. The van der Waals surface area contributed by atoms with Crippen LogP contribution in [0.5, 0.6) is 5.75 Å². The highest BCUT2D eigenvalue weighted by Gasteiger charge is 2.47. The third-order valence-corrected chi connectivity index (χ3v) is 7.91. The molecule has 2 heterocycles. The number of aryl methyl sites for hydroxylation is 1. The zero-order chi connectivity index (χ0) is 30.6. The molecule has 1 unspecified atom stereocenters. The van der Waals surface area contributed by atoms with Crippen LogP contribution in [0.1, 0.15) is 55.1 Å². The molecule has 1 atom stereocenters. The van der Waals surface area contributed by atoms with E-state index in [1.165, 1.54) is 15.9 Å². The van der Waals surface area contributed by atoms with Crippen LogP contribution in [0.2, 0.25) is 5.02 Å². The highest BCUT2D eigenvalue weighted by molar-refractivity contribution is 6.32. The fourth-order valence-corrected chi connectivity index (χ4v) is 5.05. The zero-order valence-electron chi connectivity index (χ0n) is 23.4. The lowest BCUT2D eigenvalue weighted by Crippen LogP contribution is -2.56. The molecule has 2 fully saturated rings. The Morgan fingerprint density at radius 1 is 1.07 bits per heavy atom. The van der Waals surface area contributed by atoms with Gasteiger partial charge in [0.25, 0.3) is 5.91 Å². The molecular weight excluding hydrogens is 572 g/mol. The number of carbonyl (C=O) groups excluding carboxylic acids is 3. The summed E-state index contributed by atoms with van der Waals surface area (Å²) in [4.78, 5) is 69.6. The van der Waals surface area contributed by atoms with Crippen LogP contribution in [0.15, 0.2) is 18.2 Å². The van der Waals surface area contributed by atoms with Gasteiger partial charge in [-0.2, -0.15) is 0 Å². The molecular formula is C28H33ClN4O9. The molecule has 1 aromatic heterocycles. The van der Waals surface area contributed by atoms with Crippen LogP contribution >= 0.6 is 11.6 Å². The number of halogens is 1. The summed E-state index contributed by atoms with van der Waals surface area (Å²) in [5.41, 5.74) is -0.594. The zero-order valence-corrected chi connectivity index (χ0v) is 24.1. The number of nitrogens with one attached hydrogen (secondary N) is 1. The van der Waals surface area contributed by atoms with Gasteiger partial charge < -0.3 is 34.8 Å². The van der Waals surface area contributed by atoms with Crippen molar-refractivity contribution in [2.45, 2.75) is 57.6 Å². The lowest BCUT2D eigenvalue weighted by molar-refractivity contribution is -0.163. The lowest BCUT2D eigenvalue weighted by Gasteiger charge is -2.38. The number of hydrogen-bond donors (Lipinski definition) is 3. The number of carboxylic acid groups (broad SMARTS) is 2. The van der Waals surface area contributed by atoms with Crippen LogP contribution < -0.4 is 10.1 Å². The van der Waals surface area contributed by atoms with Crippen LogP contribution in [0.25, 0.3) is 10.9 Å². The van der Waals surface area contributed by atoms with Crippen LogP contribution in [0.3, 0.4) is 0 Å². The second kappa shape index (κ2) is 12.8. The average Bonchev–Trinajstić information content (AvgIpc) is 2.93. The Morgan fingerprint density at radius 3 is 2.31 bits per heavy atom. The van der Waals surface area contributed by atoms with Crippen molar-refractivity contribution in [3.05, 3.63) is 34.5 Å². The molecule has 0 radical (unpaired) electrons. The van der Waals surface area contributed by atoms with Crippen molar-refractivity contribution in [2.75, 3.05) is 32.8 Å². The fraction of sp³-hybridized carbons (Fsp3) is 0.500. The topological polar surface area (TPSA) is 176 Å². The Bertz CT molecular complexity index is 1400. The van der Waals surface area contributed by atoms with E-state index in [0.717, 1.165) is 0 Å². The number of aromatic nitrogens is 1. The minimum absolute atomic E-state index is 0.135. The molecule has 4 rings (SSSR count). The summed E-state index contributed by atoms with van der Waals surface area (Å²) in [5, 5.41) is 22.5. The number of ether oxygens (including phenoxy) is 2. The normalized spacial score (nSPS) is 16.7. The van der Waals surface area contributed by atoms with Crippen LogP contribution in [0.4, 0.5) is 4.79 Å². The highest BCUT2D eigenvalue weighted by atomic mass is 35.5. The van der Waals surface area contributed by atoms with E-state index in [2.05, 4.69) is 10.3 Å². The van der Waals surface area contributed by atoms with Gasteiger partial charge in [-0.15, -0.1) is 0 Å². The van der Waals surface area contributed by atoms with Crippen molar-refractivity contribution in [1.82, 2.24) is 20.1 Å². The minimum atomic E-state index is -1.43. The predicted octanol–water partition coefficient (Wildman–Crippen LogP) is 2.85. The first-order chi connectivity index (χ1) is 19.9. The monoisotopic (exact) mass is 604 g/mol. The lowest BCUT2D eigenvalue weighted by atomic mass is 9.80. The number of amides is 3. The summed E-state index contributed by atoms with van der Waals surface area (Å²) in [5.74, 6) is -3.39. The fourth-order valence-electron chi connectivity index (χ4n) is 4.90. The average molecular weight is 605 g/mol. The minimum Gasteiger partial charge on any atom is -0.481 e. The molecule has 1 saturated carbocycles. The van der Waals surface area contributed by atoms with Crippen molar-refractivity contribution >= 4 is 52.4 Å². The first kappa shape index (κ1) is 30.8. The smallest absolute Gasteiger partial charge is 0.409 e. The third kappa shape index (κ3) is 6.67. The summed E-state index contributed by atoms with van der Waals surface area (Å²) in [6.07, 6.45) is 0.235. The predicted molar refractivity (Wildman–Crippen MR) is 150 cm³/mol. The maximum Gasteiger partial charge on any atom is 0.409 e. The molecule has 1 saturated heterocycles. The Kier molecular flexibility index (Phi) is 9.40. The van der Waals surface area contributed by atoms with Gasteiger partial charge in [0.2, 0.25) is 11.5 Å². The first-order valence-electron chi connectivity index (χ1n) is 13.7. The van der Waals surface area contributed by atoms with Crippen LogP contribution in [-0.4, -0.2) is 99.3 Å². The maximum atomic E-state index is 13.5. The van der Waals surface area contributed by atoms with Gasteiger partial charge in [-0.25, -0.2) is 14.6 Å². The number of piperazine rings is 1. The van der Waals surface area contributed by atoms with Crippen molar-refractivity contribution in [3.63, 3.8) is 0 Å². The standard InChI is InChI=1S/C28H33ClN4O9/c1-3-41-27(40)33-11-9-32(10-12-33)25(37)19(5-6-23(34)35)31-24(36)21-15-22(42-28(26(38)39)7-4-8-28)17-13-16(2)18(29)14-20(17)30-21/h13-15,19H,3-12H2,1-2H3,(H,31,36)(H,34,35)(H,38,39). The second-order valence-electron chi connectivity index (χ2n) is 10.3. The Balaban J connectivity index is 1.59. The number of nitrogens with zero attached hydrogens (tertiary/aromatic N) is 3. The molecule has 1 aliphatic heterocycles. The summed E-state index contributed by atoms with van der Waals surface area (Å²) < 4.78 is 11.0. The SMILES string of the molecule is CCOC(=O)N1CCN(C(=O)C(CCC(=O)O)NC(=O)c2cc(OC3(C(=O)O)CCC3)c3cc(C)c(Cl)cc3n2)CC1. The number of hydrogen-bond acceptors (Lipinski definition) is 8. The van der Waals surface area contributed by atoms with Gasteiger partial charge in [-0.05, 0) is 57.2 Å². The van der Waals surface area contributed by atoms with Gasteiger partial charge in [-0.3, -0.25) is 14.4 Å². The van der Waals surface area contributed by atoms with E-state index in [9.17, 15) is 34.2 Å². The van der Waals surface area contributed by atoms with E-state index in [1.54, 1.807) is 26.0 Å². The number of carboxylic acids is 2. The summed E-state index contributed by atoms with van der Waals surface area (Å²) in [6.45, 7) is 4.50. The first-order valence-corrected chi connectivity index (χ1v) is 14.1. The van der Waals surface area contributed by atoms with E-state index in [1.807, 2.05) is 0 Å². The van der Waals surface area contributed by atoms with E-state index in [0.29, 0.717) is 35.2 Å². The van der Waals surface area contributed by atoms with Crippen molar-refractivity contribution in [3.8, 4) is 5.75 Å². The van der Waals surface area contributed by atoms with Gasteiger partial charge in [-0.1, -0.05) is 11.6 Å². The molecule has 1 aromatic carbocycles. The molecule has 2 aliphatic rings. The van der Waals surface area contributed by atoms with E-state index < -0.39 is 41.5 Å². The van der Waals surface area contributed by atoms with Gasteiger partial charge in [0.05, 0.1) is 12.1 Å². The van der Waals surface area contributed by atoms with Gasteiger partial charge >= 0.3 is 18.0 Å². The second-order valence-corrected chi connectivity index (χ2v) is 10.8. The van der Waals surface area contributed by atoms with Crippen molar-refractivity contribution < 1.29 is 43.7 Å². The maximum absolute atomic E-state index is 13.5. The molecule has 226 valence electrons. The van der Waals surface area contributed by atoms with Crippen molar-refractivity contribution in [2.24, 2.45) is 0 Å². The Hall–Kier alpha value is -4.13. The summed E-state index contributed by atoms with van der Waals surface area (Å²) in [7, 11) is 0. The number of aliphatic carboxylic acids is 2. The number of carbonyl (C=O) groups is 5. The highest BCUT2D eigenvalue weighted by Crippen LogP contribution is 2.40. The Labute approximate surface area is 246 Å². The van der Waals surface area contributed by atoms with Crippen molar-refractivity contribution in [1.29, 1.82) is 0 Å². The number of pyridine rings is 1. The van der Waals surface area contributed by atoms with Crippen LogP contribution in [-0.2, 0) is 19.1 Å². The quantitative estimate of drug-likeness (QED) is 0.365. The molecule has 2 aromatic rings. The molecule has 13 nitrogen and oxygen atoms in total. The van der Waals surface area contributed by atoms with E-state index in [4.69, 9.17) is 21.1 Å². The van der Waals surface area contributed by atoms with E-state index in [-0.39, 0.29) is 62.6 Å². The van der Waals surface area contributed by atoms with Crippen LogP contribution in [0, 0.1) is 6.92 Å². The molecule has 14 heteroatoms. The molecule has 3 amide bonds. The van der Waals surface area contributed by atoms with Gasteiger partial charge in [0, 0.05) is 49.1 Å². The molecule has 42 heavy (non-hydrogen) atoms. The number of fused-ring (bicyclic) bond motifs is 1. The summed E-state index contributed by atoms with van der Waals surface area (Å²) >= 11 is 6.31. The summed E-state index contributed by atoms with van der Waals surface area (Å²) in [6, 6.07) is 3.37. The number of benzene rings is 1. The van der Waals surface area contributed by atoms with E-state index >= 15 is 0 Å².